The summed E-state index contributed by atoms with van der Waals surface area (Å²) in [6.45, 7) is 11.1. The highest BCUT2D eigenvalue weighted by Crippen LogP contribution is 2.33. The van der Waals surface area contributed by atoms with E-state index in [0.717, 1.165) is 46.6 Å². The van der Waals surface area contributed by atoms with Gasteiger partial charge in [0, 0.05) is 41.5 Å². The molecule has 6 heteroatoms. The van der Waals surface area contributed by atoms with Crippen LogP contribution in [0.1, 0.15) is 46.1 Å². The summed E-state index contributed by atoms with van der Waals surface area (Å²) >= 11 is 0. The van der Waals surface area contributed by atoms with Crippen molar-refractivity contribution in [1.29, 1.82) is 0 Å². The Morgan fingerprint density at radius 1 is 0.938 bits per heavy atom. The predicted octanol–water partition coefficient (Wildman–Crippen LogP) is 4.97. The molecular formula is C26H33N5O. The van der Waals surface area contributed by atoms with Crippen LogP contribution in [0.4, 0.5) is 5.82 Å². The molecule has 0 bridgehead atoms. The number of aromatic hydroxyl groups is 1. The quantitative estimate of drug-likeness (QED) is 0.608. The lowest BCUT2D eigenvalue weighted by Gasteiger charge is -2.49. The van der Waals surface area contributed by atoms with Crippen LogP contribution < -0.4 is 10.2 Å². The van der Waals surface area contributed by atoms with E-state index >= 15 is 0 Å². The average Bonchev–Trinajstić information content (AvgIpc) is 2.71. The highest BCUT2D eigenvalue weighted by molar-refractivity contribution is 5.72. The Kier molecular flexibility index (Phi) is 5.67. The molecule has 1 aliphatic heterocycles. The van der Waals surface area contributed by atoms with E-state index in [1.165, 1.54) is 6.20 Å². The van der Waals surface area contributed by atoms with Crippen LogP contribution in [0.2, 0.25) is 0 Å². The van der Waals surface area contributed by atoms with E-state index in [2.05, 4.69) is 85.3 Å². The first-order chi connectivity index (χ1) is 15.0. The number of anilines is 1. The van der Waals surface area contributed by atoms with Crippen LogP contribution in [0.3, 0.4) is 0 Å². The van der Waals surface area contributed by atoms with Crippen molar-refractivity contribution in [1.82, 2.24) is 20.5 Å². The van der Waals surface area contributed by atoms with Gasteiger partial charge in [0.15, 0.2) is 5.82 Å². The number of piperidine rings is 1. The molecule has 1 aliphatic rings. The topological polar surface area (TPSA) is 74.2 Å². The summed E-state index contributed by atoms with van der Waals surface area (Å²) in [7, 11) is 2.12. The van der Waals surface area contributed by atoms with Crippen molar-refractivity contribution >= 4 is 5.82 Å². The molecule has 2 aromatic heterocycles. The van der Waals surface area contributed by atoms with Crippen molar-refractivity contribution < 1.29 is 5.11 Å². The van der Waals surface area contributed by atoms with Crippen molar-refractivity contribution in [2.24, 2.45) is 0 Å². The molecule has 6 nitrogen and oxygen atoms in total. The van der Waals surface area contributed by atoms with Crippen LogP contribution in [0.15, 0.2) is 48.8 Å². The number of aromatic nitrogens is 3. The summed E-state index contributed by atoms with van der Waals surface area (Å²) in [4.78, 5) is 6.34. The van der Waals surface area contributed by atoms with E-state index in [1.54, 1.807) is 12.3 Å². The van der Waals surface area contributed by atoms with Gasteiger partial charge < -0.3 is 15.3 Å². The first kappa shape index (κ1) is 22.2. The van der Waals surface area contributed by atoms with E-state index in [4.69, 9.17) is 0 Å². The van der Waals surface area contributed by atoms with E-state index < -0.39 is 0 Å². The molecule has 3 heterocycles. The highest BCUT2D eigenvalue weighted by atomic mass is 16.3. The zero-order valence-corrected chi connectivity index (χ0v) is 19.8. The van der Waals surface area contributed by atoms with Gasteiger partial charge in [-0.05, 0) is 76.8 Å². The minimum atomic E-state index is 0.0813. The Morgan fingerprint density at radius 2 is 1.66 bits per heavy atom. The van der Waals surface area contributed by atoms with Crippen LogP contribution in [0.25, 0.3) is 22.4 Å². The summed E-state index contributed by atoms with van der Waals surface area (Å²) in [6, 6.07) is 12.4. The van der Waals surface area contributed by atoms with Crippen LogP contribution in [-0.2, 0) is 0 Å². The first-order valence-electron chi connectivity index (χ1n) is 11.1. The molecule has 2 N–H and O–H groups in total. The largest absolute Gasteiger partial charge is 0.506 e. The van der Waals surface area contributed by atoms with Crippen LogP contribution in [0.5, 0.6) is 5.75 Å². The third kappa shape index (κ3) is 4.75. The lowest BCUT2D eigenvalue weighted by atomic mass is 9.79. The van der Waals surface area contributed by atoms with Gasteiger partial charge in [0.2, 0.25) is 0 Å². The molecule has 0 aliphatic carbocycles. The molecule has 0 saturated carbocycles. The molecule has 0 unspecified atom stereocenters. The second-order valence-corrected chi connectivity index (χ2v) is 10.3. The maximum atomic E-state index is 9.71. The van der Waals surface area contributed by atoms with Crippen molar-refractivity contribution in [3.63, 3.8) is 0 Å². The number of nitrogens with one attached hydrogen (secondary N) is 1. The molecule has 4 rings (SSSR count). The van der Waals surface area contributed by atoms with Gasteiger partial charge in [-0.15, -0.1) is 10.2 Å². The molecule has 1 fully saturated rings. The van der Waals surface area contributed by atoms with Gasteiger partial charge in [0.1, 0.15) is 5.75 Å². The van der Waals surface area contributed by atoms with Gasteiger partial charge in [-0.1, -0.05) is 18.2 Å². The number of hydrogen-bond donors (Lipinski definition) is 2. The molecule has 0 spiro atoms. The van der Waals surface area contributed by atoms with Gasteiger partial charge >= 0.3 is 0 Å². The second-order valence-electron chi connectivity index (χ2n) is 10.3. The maximum Gasteiger partial charge on any atom is 0.151 e. The van der Waals surface area contributed by atoms with Crippen molar-refractivity contribution in [3.8, 4) is 28.1 Å². The van der Waals surface area contributed by atoms with Gasteiger partial charge in [-0.2, -0.15) is 0 Å². The Balaban J connectivity index is 1.55. The molecule has 168 valence electrons. The Bertz CT molecular complexity index is 1090. The van der Waals surface area contributed by atoms with E-state index in [0.29, 0.717) is 6.04 Å². The van der Waals surface area contributed by atoms with E-state index in [1.807, 2.05) is 12.1 Å². The molecule has 3 aromatic rings. The molecule has 0 radical (unpaired) electrons. The average molecular weight is 432 g/mol. The molecule has 0 amide bonds. The third-order valence-corrected chi connectivity index (χ3v) is 6.29. The summed E-state index contributed by atoms with van der Waals surface area (Å²) in [5.74, 6) is 1.06. The predicted molar refractivity (Wildman–Crippen MR) is 130 cm³/mol. The summed E-state index contributed by atoms with van der Waals surface area (Å²) in [5.41, 5.74) is 5.06. The van der Waals surface area contributed by atoms with Crippen molar-refractivity contribution in [2.45, 2.75) is 64.6 Å². The summed E-state index contributed by atoms with van der Waals surface area (Å²) in [5, 5.41) is 22.6. The SMILES string of the molecule is Cc1cc(-c2cncc(O)c2)ccc1-c1ccc(N(C)C2CC(C)(C)NC(C)(C)C2)nn1. The van der Waals surface area contributed by atoms with Gasteiger partial charge in [-0.3, -0.25) is 4.98 Å². The van der Waals surface area contributed by atoms with Crippen LogP contribution in [0, 0.1) is 6.92 Å². The molecule has 0 atom stereocenters. The lowest BCUT2D eigenvalue weighted by molar-refractivity contribution is 0.160. The smallest absolute Gasteiger partial charge is 0.151 e. The van der Waals surface area contributed by atoms with Crippen molar-refractivity contribution in [3.05, 3.63) is 54.4 Å². The van der Waals surface area contributed by atoms with Gasteiger partial charge in [0.25, 0.3) is 0 Å². The fraction of sp³-hybridized carbons (Fsp3) is 0.423. The van der Waals surface area contributed by atoms with Crippen LogP contribution >= 0.6 is 0 Å². The van der Waals surface area contributed by atoms with Crippen molar-refractivity contribution in [2.75, 3.05) is 11.9 Å². The number of aryl methyl sites for hydroxylation is 1. The Labute approximate surface area is 190 Å². The number of nitrogens with zero attached hydrogens (tertiary/aromatic N) is 4. The van der Waals surface area contributed by atoms with Crippen LogP contribution in [-0.4, -0.2) is 44.5 Å². The zero-order valence-electron chi connectivity index (χ0n) is 19.8. The number of benzene rings is 1. The van der Waals surface area contributed by atoms with E-state index in [-0.39, 0.29) is 16.8 Å². The number of pyridine rings is 1. The van der Waals surface area contributed by atoms with Gasteiger partial charge in [0.05, 0.1) is 11.9 Å². The third-order valence-electron chi connectivity index (χ3n) is 6.29. The summed E-state index contributed by atoms with van der Waals surface area (Å²) in [6.07, 6.45) is 5.30. The Hall–Kier alpha value is -2.99. The monoisotopic (exact) mass is 431 g/mol. The normalized spacial score (nSPS) is 17.8. The lowest BCUT2D eigenvalue weighted by Crippen LogP contribution is -2.62. The van der Waals surface area contributed by atoms with Gasteiger partial charge in [-0.25, -0.2) is 0 Å². The number of rotatable bonds is 4. The maximum absolute atomic E-state index is 9.71. The highest BCUT2D eigenvalue weighted by Gasteiger charge is 2.39. The minimum Gasteiger partial charge on any atom is -0.506 e. The first-order valence-corrected chi connectivity index (χ1v) is 11.1. The minimum absolute atomic E-state index is 0.0813. The second kappa shape index (κ2) is 8.17. The molecule has 32 heavy (non-hydrogen) atoms. The fourth-order valence-electron chi connectivity index (χ4n) is 5.10. The number of hydrogen-bond acceptors (Lipinski definition) is 6. The van der Waals surface area contributed by atoms with E-state index in [9.17, 15) is 5.11 Å². The standard InChI is InChI=1S/C26H33N5O/c1-17-11-18(19-12-21(32)16-27-15-19)7-8-22(17)23-9-10-24(29-28-23)31(6)20-13-25(2,3)30-26(4,5)14-20/h7-12,15-16,20,30,32H,13-14H2,1-6H3. The molecule has 1 aromatic carbocycles. The Morgan fingerprint density at radius 3 is 2.25 bits per heavy atom. The fourth-order valence-corrected chi connectivity index (χ4v) is 5.10. The molecular weight excluding hydrogens is 398 g/mol. The zero-order chi connectivity index (χ0) is 23.1. The molecule has 1 saturated heterocycles. The summed E-state index contributed by atoms with van der Waals surface area (Å²) < 4.78 is 0.